The van der Waals surface area contributed by atoms with E-state index in [4.69, 9.17) is 0 Å². The molecule has 2 aromatic heterocycles. The number of para-hydroxylation sites is 2. The summed E-state index contributed by atoms with van der Waals surface area (Å²) in [5.41, 5.74) is 3.86. The van der Waals surface area contributed by atoms with E-state index < -0.39 is 11.7 Å². The van der Waals surface area contributed by atoms with Crippen molar-refractivity contribution >= 4 is 33.1 Å². The van der Waals surface area contributed by atoms with Crippen molar-refractivity contribution in [1.82, 2.24) is 4.57 Å². The van der Waals surface area contributed by atoms with Gasteiger partial charge in [0.15, 0.2) is 0 Å². The zero-order valence-electron chi connectivity index (χ0n) is 17.9. The number of fused-ring (bicyclic) bond motifs is 3. The van der Waals surface area contributed by atoms with E-state index in [1.807, 2.05) is 84.2 Å². The zero-order valence-corrected chi connectivity index (χ0v) is 18.7. The molecule has 5 heteroatoms. The molecule has 0 spiro atoms. The molecule has 0 bridgehead atoms. The number of halogens is 3. The van der Waals surface area contributed by atoms with Crippen LogP contribution in [0.4, 0.5) is 13.2 Å². The third-order valence-electron chi connectivity index (χ3n) is 6.11. The minimum absolute atomic E-state index is 0.547. The summed E-state index contributed by atoms with van der Waals surface area (Å²) in [6, 6.07) is 31.7. The molecule has 0 N–H and O–H groups in total. The van der Waals surface area contributed by atoms with Crippen molar-refractivity contribution < 1.29 is 13.2 Å². The minimum atomic E-state index is -4.46. The molecule has 0 aliphatic rings. The van der Waals surface area contributed by atoms with Gasteiger partial charge in [0, 0.05) is 26.8 Å². The van der Waals surface area contributed by atoms with Crippen molar-refractivity contribution in [2.45, 2.75) is 6.18 Å². The molecule has 34 heavy (non-hydrogen) atoms. The Morgan fingerprint density at radius 3 is 1.79 bits per heavy atom. The van der Waals surface area contributed by atoms with Crippen LogP contribution < -0.4 is 0 Å². The summed E-state index contributed by atoms with van der Waals surface area (Å²) in [6.45, 7) is 0. The van der Waals surface area contributed by atoms with Crippen LogP contribution in [-0.2, 0) is 6.18 Å². The third-order valence-corrected chi connectivity index (χ3v) is 7.02. The topological polar surface area (TPSA) is 4.93 Å². The number of hydrogen-bond acceptors (Lipinski definition) is 1. The molecule has 0 aliphatic heterocycles. The van der Waals surface area contributed by atoms with Gasteiger partial charge in [-0.1, -0.05) is 72.8 Å². The van der Waals surface area contributed by atoms with Gasteiger partial charge in [0.2, 0.25) is 0 Å². The molecule has 6 rings (SSSR count). The van der Waals surface area contributed by atoms with E-state index in [9.17, 15) is 13.2 Å². The van der Waals surface area contributed by atoms with Gasteiger partial charge in [-0.05, 0) is 41.3 Å². The maximum Gasteiger partial charge on any atom is 0.416 e. The average Bonchev–Trinajstić information content (AvgIpc) is 3.50. The largest absolute Gasteiger partial charge is 0.416 e. The van der Waals surface area contributed by atoms with Crippen LogP contribution in [0.2, 0.25) is 0 Å². The molecule has 2 heterocycles. The molecule has 0 radical (unpaired) electrons. The van der Waals surface area contributed by atoms with E-state index in [0.717, 1.165) is 37.9 Å². The molecule has 1 nitrogen and oxygen atoms in total. The van der Waals surface area contributed by atoms with Crippen molar-refractivity contribution in [3.8, 4) is 27.3 Å². The lowest BCUT2D eigenvalue weighted by atomic mass is 9.95. The van der Waals surface area contributed by atoms with Gasteiger partial charge in [-0.3, -0.25) is 0 Å². The highest BCUT2D eigenvalue weighted by molar-refractivity contribution is 7.13. The second kappa shape index (κ2) is 7.89. The van der Waals surface area contributed by atoms with Gasteiger partial charge in [0.1, 0.15) is 0 Å². The Balaban J connectivity index is 1.84. The summed E-state index contributed by atoms with van der Waals surface area (Å²) in [5, 5.41) is 4.02. The molecule has 0 aliphatic carbocycles. The van der Waals surface area contributed by atoms with Crippen LogP contribution in [0.25, 0.3) is 49.1 Å². The lowest BCUT2D eigenvalue weighted by Gasteiger charge is -2.21. The summed E-state index contributed by atoms with van der Waals surface area (Å²) >= 11 is 1.44. The predicted molar refractivity (Wildman–Crippen MR) is 135 cm³/mol. The van der Waals surface area contributed by atoms with Crippen LogP contribution in [0.1, 0.15) is 5.56 Å². The first-order valence-corrected chi connectivity index (χ1v) is 11.7. The fraction of sp³-hybridized carbons (Fsp3) is 0.0345. The molecule has 0 amide bonds. The number of benzene rings is 4. The zero-order chi connectivity index (χ0) is 23.3. The summed E-state index contributed by atoms with van der Waals surface area (Å²) < 4.78 is 44.4. The van der Waals surface area contributed by atoms with Crippen LogP contribution in [0.5, 0.6) is 0 Å². The Hall–Kier alpha value is -3.83. The summed E-state index contributed by atoms with van der Waals surface area (Å²) in [6.07, 6.45) is -4.46. The molecule has 0 saturated carbocycles. The fourth-order valence-corrected chi connectivity index (χ4v) is 5.40. The first kappa shape index (κ1) is 20.8. The van der Waals surface area contributed by atoms with E-state index in [1.165, 1.54) is 23.5 Å². The standard InChI is InChI=1S/C29H18F3NS/c30-29(31,32)20-17-23(19-9-2-1-3-10-19)28(24(18-20)27-15-8-16-34-27)33-25-13-6-4-11-21(25)22-12-5-7-14-26(22)33/h1-18H. The van der Waals surface area contributed by atoms with Gasteiger partial charge >= 0.3 is 6.18 Å². The Bertz CT molecular complexity index is 1570. The van der Waals surface area contributed by atoms with Crippen LogP contribution in [0.15, 0.2) is 109 Å². The molecule has 6 aromatic rings. The maximum absolute atomic E-state index is 14.1. The molecule has 166 valence electrons. The van der Waals surface area contributed by atoms with Gasteiger partial charge in [-0.2, -0.15) is 13.2 Å². The smallest absolute Gasteiger partial charge is 0.308 e. The molecule has 0 fully saturated rings. The van der Waals surface area contributed by atoms with Crippen LogP contribution in [-0.4, -0.2) is 4.57 Å². The van der Waals surface area contributed by atoms with Crippen molar-refractivity contribution in [2.75, 3.05) is 0 Å². The second-order valence-electron chi connectivity index (χ2n) is 8.13. The van der Waals surface area contributed by atoms with E-state index in [2.05, 4.69) is 16.7 Å². The molecule has 0 unspecified atom stereocenters. The summed E-state index contributed by atoms with van der Waals surface area (Å²) in [4.78, 5) is 0.792. The molecular weight excluding hydrogens is 451 g/mol. The second-order valence-corrected chi connectivity index (χ2v) is 9.08. The Morgan fingerprint density at radius 2 is 1.21 bits per heavy atom. The average molecular weight is 470 g/mol. The summed E-state index contributed by atoms with van der Waals surface area (Å²) in [5.74, 6) is 0. The third kappa shape index (κ3) is 3.32. The Morgan fingerprint density at radius 1 is 0.618 bits per heavy atom. The van der Waals surface area contributed by atoms with Crippen molar-refractivity contribution in [1.29, 1.82) is 0 Å². The van der Waals surface area contributed by atoms with E-state index in [0.29, 0.717) is 11.1 Å². The van der Waals surface area contributed by atoms with Crippen LogP contribution >= 0.6 is 11.3 Å². The fourth-order valence-electron chi connectivity index (χ4n) is 4.66. The Labute approximate surface area is 198 Å². The van der Waals surface area contributed by atoms with Gasteiger partial charge in [0.05, 0.1) is 22.3 Å². The molecular formula is C29H18F3NS. The molecule has 0 atom stereocenters. The SMILES string of the molecule is FC(F)(F)c1cc(-c2ccccc2)c(-n2c3ccccc3c3ccccc32)c(-c2cccs2)c1. The predicted octanol–water partition coefficient (Wildman–Crippen LogP) is 9.20. The van der Waals surface area contributed by atoms with E-state index >= 15 is 0 Å². The molecule has 4 aromatic carbocycles. The number of rotatable bonds is 3. The first-order valence-electron chi connectivity index (χ1n) is 10.9. The maximum atomic E-state index is 14.1. The lowest BCUT2D eigenvalue weighted by molar-refractivity contribution is -0.137. The van der Waals surface area contributed by atoms with Gasteiger partial charge in [0.25, 0.3) is 0 Å². The van der Waals surface area contributed by atoms with Crippen molar-refractivity contribution in [3.63, 3.8) is 0 Å². The number of nitrogens with zero attached hydrogens (tertiary/aromatic N) is 1. The highest BCUT2D eigenvalue weighted by atomic mass is 32.1. The Kier molecular flexibility index (Phi) is 4.82. The minimum Gasteiger partial charge on any atom is -0.308 e. The number of hydrogen-bond donors (Lipinski definition) is 0. The normalized spacial score (nSPS) is 12.0. The lowest BCUT2D eigenvalue weighted by Crippen LogP contribution is -2.08. The first-order chi connectivity index (χ1) is 16.5. The number of alkyl halides is 3. The van der Waals surface area contributed by atoms with E-state index in [-0.39, 0.29) is 0 Å². The van der Waals surface area contributed by atoms with Crippen molar-refractivity contribution in [3.05, 3.63) is 114 Å². The number of thiophene rings is 1. The van der Waals surface area contributed by atoms with Gasteiger partial charge in [-0.15, -0.1) is 11.3 Å². The van der Waals surface area contributed by atoms with E-state index in [1.54, 1.807) is 0 Å². The van der Waals surface area contributed by atoms with Crippen LogP contribution in [0, 0.1) is 0 Å². The monoisotopic (exact) mass is 469 g/mol. The number of aromatic nitrogens is 1. The quantitative estimate of drug-likeness (QED) is 0.243. The highest BCUT2D eigenvalue weighted by Gasteiger charge is 2.33. The van der Waals surface area contributed by atoms with Gasteiger partial charge < -0.3 is 4.57 Å². The highest BCUT2D eigenvalue weighted by Crippen LogP contribution is 2.45. The van der Waals surface area contributed by atoms with Gasteiger partial charge in [-0.25, -0.2) is 0 Å². The van der Waals surface area contributed by atoms with Crippen molar-refractivity contribution in [2.24, 2.45) is 0 Å². The summed E-state index contributed by atoms with van der Waals surface area (Å²) in [7, 11) is 0. The van der Waals surface area contributed by atoms with Crippen LogP contribution in [0.3, 0.4) is 0 Å². The molecule has 0 saturated heterocycles.